The third-order valence-electron chi connectivity index (χ3n) is 1.50. The molecule has 0 aromatic carbocycles. The minimum Gasteiger partial charge on any atom is -0.347 e. The molecule has 1 rings (SSSR count). The predicted octanol–water partition coefficient (Wildman–Crippen LogP) is 1.76. The number of carbonyl (C=O) groups excluding carboxylic acids is 1. The number of aromatic nitrogens is 1. The molecular weight excluding hydrogens is 152 g/mol. The van der Waals surface area contributed by atoms with Gasteiger partial charge in [-0.05, 0) is 25.3 Å². The molecule has 0 aliphatic heterocycles. The van der Waals surface area contributed by atoms with Gasteiger partial charge in [0.1, 0.15) is 5.82 Å². The van der Waals surface area contributed by atoms with Crippen LogP contribution in [0.5, 0.6) is 0 Å². The maximum atomic E-state index is 10.4. The molecule has 0 amide bonds. The van der Waals surface area contributed by atoms with Crippen LogP contribution in [-0.2, 0) is 0 Å². The van der Waals surface area contributed by atoms with E-state index >= 15 is 0 Å². The molecule has 0 aliphatic carbocycles. The van der Waals surface area contributed by atoms with E-state index in [9.17, 15) is 4.79 Å². The maximum Gasteiger partial charge on any atom is 0.151 e. The van der Waals surface area contributed by atoms with Crippen LogP contribution in [0, 0.1) is 6.92 Å². The standard InChI is InChI=1S/C9H10N2O/c1-3-10-9-5-4-8(6-12)7(2)11-9/h3-6H,1H2,2H3,(H,10,11). The SMILES string of the molecule is C=CNc1ccc(C=O)c(C)n1. The number of aldehydes is 1. The first kappa shape index (κ1) is 8.46. The van der Waals surface area contributed by atoms with Crippen LogP contribution in [0.4, 0.5) is 5.82 Å². The van der Waals surface area contributed by atoms with Crippen LogP contribution in [0.2, 0.25) is 0 Å². The molecule has 0 aliphatic rings. The lowest BCUT2D eigenvalue weighted by Gasteiger charge is -2.01. The lowest BCUT2D eigenvalue weighted by molar-refractivity contribution is 0.112. The number of pyridine rings is 1. The summed E-state index contributed by atoms with van der Waals surface area (Å²) in [5.41, 5.74) is 1.33. The molecular formula is C9H10N2O. The van der Waals surface area contributed by atoms with E-state index in [1.54, 1.807) is 25.3 Å². The molecule has 62 valence electrons. The molecule has 0 unspecified atom stereocenters. The fourth-order valence-corrected chi connectivity index (χ4v) is 0.881. The van der Waals surface area contributed by atoms with Crippen molar-refractivity contribution in [3.63, 3.8) is 0 Å². The minimum atomic E-state index is 0.615. The summed E-state index contributed by atoms with van der Waals surface area (Å²) in [5, 5.41) is 2.84. The van der Waals surface area contributed by atoms with Crippen molar-refractivity contribution in [2.24, 2.45) is 0 Å². The average Bonchev–Trinajstić information content (AvgIpc) is 2.05. The fraction of sp³-hybridized carbons (Fsp3) is 0.111. The molecule has 0 atom stereocenters. The van der Waals surface area contributed by atoms with E-state index in [1.165, 1.54) is 0 Å². The monoisotopic (exact) mass is 162 g/mol. The third kappa shape index (κ3) is 1.69. The molecule has 12 heavy (non-hydrogen) atoms. The van der Waals surface area contributed by atoms with Crippen LogP contribution in [0.25, 0.3) is 0 Å². The van der Waals surface area contributed by atoms with Crippen LogP contribution < -0.4 is 5.32 Å². The molecule has 1 N–H and O–H groups in total. The van der Waals surface area contributed by atoms with Crippen LogP contribution in [0.3, 0.4) is 0 Å². The zero-order valence-corrected chi connectivity index (χ0v) is 6.87. The molecule has 0 fully saturated rings. The normalized spacial score (nSPS) is 9.08. The topological polar surface area (TPSA) is 42.0 Å². The number of nitrogens with one attached hydrogen (secondary N) is 1. The quantitative estimate of drug-likeness (QED) is 0.688. The molecule has 0 radical (unpaired) electrons. The number of nitrogens with zero attached hydrogens (tertiary/aromatic N) is 1. The Bertz CT molecular complexity index is 307. The number of carbonyl (C=O) groups is 1. The first-order valence-corrected chi connectivity index (χ1v) is 3.58. The van der Waals surface area contributed by atoms with Gasteiger partial charge in [-0.25, -0.2) is 4.98 Å². The van der Waals surface area contributed by atoms with Gasteiger partial charge in [-0.1, -0.05) is 6.58 Å². The third-order valence-corrected chi connectivity index (χ3v) is 1.50. The number of hydrogen-bond acceptors (Lipinski definition) is 3. The maximum absolute atomic E-state index is 10.4. The summed E-state index contributed by atoms with van der Waals surface area (Å²) in [6.07, 6.45) is 2.34. The summed E-state index contributed by atoms with van der Waals surface area (Å²) >= 11 is 0. The van der Waals surface area contributed by atoms with E-state index in [0.717, 1.165) is 12.0 Å². The molecule has 0 spiro atoms. The lowest BCUT2D eigenvalue weighted by atomic mass is 10.2. The van der Waals surface area contributed by atoms with Gasteiger partial charge in [0, 0.05) is 5.56 Å². The van der Waals surface area contributed by atoms with E-state index in [2.05, 4.69) is 16.9 Å². The van der Waals surface area contributed by atoms with Gasteiger partial charge < -0.3 is 5.32 Å². The number of anilines is 1. The number of rotatable bonds is 3. The van der Waals surface area contributed by atoms with Crippen molar-refractivity contribution in [3.8, 4) is 0 Å². The Balaban J connectivity index is 3.00. The summed E-state index contributed by atoms with van der Waals surface area (Å²) in [7, 11) is 0. The first-order chi connectivity index (χ1) is 5.77. The highest BCUT2D eigenvalue weighted by molar-refractivity contribution is 5.76. The van der Waals surface area contributed by atoms with Gasteiger partial charge in [0.2, 0.25) is 0 Å². The van der Waals surface area contributed by atoms with Crippen molar-refractivity contribution in [3.05, 3.63) is 36.2 Å². The van der Waals surface area contributed by atoms with Crippen molar-refractivity contribution in [1.82, 2.24) is 4.98 Å². The molecule has 1 aromatic rings. The smallest absolute Gasteiger partial charge is 0.151 e. The molecule has 3 nitrogen and oxygen atoms in total. The second-order valence-electron chi connectivity index (χ2n) is 2.34. The minimum absolute atomic E-state index is 0.615. The van der Waals surface area contributed by atoms with Crippen LogP contribution >= 0.6 is 0 Å². The van der Waals surface area contributed by atoms with Gasteiger partial charge in [-0.2, -0.15) is 0 Å². The van der Waals surface area contributed by atoms with Crippen molar-refractivity contribution in [1.29, 1.82) is 0 Å². The summed E-state index contributed by atoms with van der Waals surface area (Å²) in [6, 6.07) is 3.46. The number of aryl methyl sites for hydroxylation is 1. The summed E-state index contributed by atoms with van der Waals surface area (Å²) in [6.45, 7) is 5.30. The van der Waals surface area contributed by atoms with Gasteiger partial charge >= 0.3 is 0 Å². The largest absolute Gasteiger partial charge is 0.347 e. The predicted molar refractivity (Wildman–Crippen MR) is 48.2 cm³/mol. The van der Waals surface area contributed by atoms with E-state index in [1.807, 2.05) is 0 Å². The Kier molecular flexibility index (Phi) is 2.58. The van der Waals surface area contributed by atoms with Crippen LogP contribution in [0.15, 0.2) is 24.9 Å². The molecule has 0 saturated carbocycles. The summed E-state index contributed by atoms with van der Waals surface area (Å²) < 4.78 is 0. The zero-order chi connectivity index (χ0) is 8.97. The molecule has 0 bridgehead atoms. The van der Waals surface area contributed by atoms with E-state index in [-0.39, 0.29) is 0 Å². The second kappa shape index (κ2) is 3.67. The molecule has 3 heteroatoms. The fourth-order valence-electron chi connectivity index (χ4n) is 0.881. The Labute approximate surface area is 71.1 Å². The van der Waals surface area contributed by atoms with Crippen LogP contribution in [0.1, 0.15) is 16.1 Å². The van der Waals surface area contributed by atoms with Crippen molar-refractivity contribution in [2.75, 3.05) is 5.32 Å². The van der Waals surface area contributed by atoms with Crippen molar-refractivity contribution >= 4 is 12.1 Å². The van der Waals surface area contributed by atoms with Gasteiger partial charge in [0.25, 0.3) is 0 Å². The van der Waals surface area contributed by atoms with Crippen molar-refractivity contribution < 1.29 is 4.79 Å². The Morgan fingerprint density at radius 3 is 2.83 bits per heavy atom. The van der Waals surface area contributed by atoms with Crippen LogP contribution in [-0.4, -0.2) is 11.3 Å². The van der Waals surface area contributed by atoms with Gasteiger partial charge in [0.05, 0.1) is 5.69 Å². The highest BCUT2D eigenvalue weighted by Crippen LogP contribution is 2.07. The van der Waals surface area contributed by atoms with E-state index in [4.69, 9.17) is 0 Å². The Morgan fingerprint density at radius 1 is 1.58 bits per heavy atom. The first-order valence-electron chi connectivity index (χ1n) is 3.58. The zero-order valence-electron chi connectivity index (χ0n) is 6.87. The van der Waals surface area contributed by atoms with Gasteiger partial charge in [0.15, 0.2) is 6.29 Å². The molecule has 1 aromatic heterocycles. The summed E-state index contributed by atoms with van der Waals surface area (Å²) in [5.74, 6) is 0.702. The molecule has 1 heterocycles. The van der Waals surface area contributed by atoms with Gasteiger partial charge in [-0.3, -0.25) is 4.79 Å². The highest BCUT2D eigenvalue weighted by atomic mass is 16.1. The Hall–Kier alpha value is -1.64. The van der Waals surface area contributed by atoms with Gasteiger partial charge in [-0.15, -0.1) is 0 Å². The number of hydrogen-bond donors (Lipinski definition) is 1. The summed E-state index contributed by atoms with van der Waals surface area (Å²) in [4.78, 5) is 14.5. The highest BCUT2D eigenvalue weighted by Gasteiger charge is 1.98. The molecule has 0 saturated heterocycles. The van der Waals surface area contributed by atoms with E-state index < -0.39 is 0 Å². The Morgan fingerprint density at radius 2 is 2.33 bits per heavy atom. The van der Waals surface area contributed by atoms with E-state index in [0.29, 0.717) is 11.4 Å². The average molecular weight is 162 g/mol. The second-order valence-corrected chi connectivity index (χ2v) is 2.34. The van der Waals surface area contributed by atoms with Crippen molar-refractivity contribution in [2.45, 2.75) is 6.92 Å². The lowest BCUT2D eigenvalue weighted by Crippen LogP contribution is -1.95.